The Hall–Kier alpha value is -1.10. The maximum Gasteiger partial charge on any atom is 0.254 e. The minimum Gasteiger partial charge on any atom is -0.334 e. The Balaban J connectivity index is 1.84. The highest BCUT2D eigenvalue weighted by atomic mass is 32.2. The molecule has 2 saturated heterocycles. The molecule has 0 spiro atoms. The normalized spacial score (nSPS) is 26.6. The molecule has 1 aromatic carbocycles. The number of likely N-dealkylation sites (tertiary alicyclic amines) is 1. The molecule has 1 aromatic rings. The third-order valence-corrected chi connectivity index (χ3v) is 4.72. The van der Waals surface area contributed by atoms with Gasteiger partial charge in [-0.2, -0.15) is 11.8 Å². The molecule has 2 fully saturated rings. The van der Waals surface area contributed by atoms with Crippen LogP contribution in [-0.4, -0.2) is 34.4 Å². The molecule has 2 heterocycles. The molecule has 17 heavy (non-hydrogen) atoms. The summed E-state index contributed by atoms with van der Waals surface area (Å²) in [5.41, 5.74) is 0.237. The minimum atomic E-state index is -0.963. The van der Waals surface area contributed by atoms with Gasteiger partial charge in [0.15, 0.2) is 11.6 Å². The van der Waals surface area contributed by atoms with Gasteiger partial charge in [-0.1, -0.05) is 0 Å². The van der Waals surface area contributed by atoms with E-state index in [2.05, 4.69) is 0 Å². The van der Waals surface area contributed by atoms with Gasteiger partial charge in [0.2, 0.25) is 0 Å². The van der Waals surface area contributed by atoms with E-state index in [0.29, 0.717) is 5.25 Å². The molecule has 2 aliphatic rings. The molecule has 0 aromatic heterocycles. The molecule has 90 valence electrons. The highest BCUT2D eigenvalue weighted by molar-refractivity contribution is 8.00. The largest absolute Gasteiger partial charge is 0.334 e. The van der Waals surface area contributed by atoms with Crippen LogP contribution in [0.2, 0.25) is 0 Å². The fourth-order valence-electron chi connectivity index (χ4n) is 2.44. The Kier molecular flexibility index (Phi) is 2.58. The van der Waals surface area contributed by atoms with E-state index in [4.69, 9.17) is 0 Å². The quantitative estimate of drug-likeness (QED) is 0.767. The Morgan fingerprint density at radius 3 is 2.76 bits per heavy atom. The first kappa shape index (κ1) is 11.0. The molecule has 3 rings (SSSR count). The van der Waals surface area contributed by atoms with Crippen molar-refractivity contribution in [3.8, 4) is 0 Å². The van der Waals surface area contributed by atoms with Crippen LogP contribution in [0.4, 0.5) is 8.78 Å². The summed E-state index contributed by atoms with van der Waals surface area (Å²) in [7, 11) is 0. The van der Waals surface area contributed by atoms with Crippen LogP contribution in [0.25, 0.3) is 0 Å². The number of halogens is 2. The van der Waals surface area contributed by atoms with Crippen LogP contribution in [0.3, 0.4) is 0 Å². The molecule has 2 unspecified atom stereocenters. The minimum absolute atomic E-state index is 0.184. The molecule has 2 atom stereocenters. The predicted octanol–water partition coefficient (Wildman–Crippen LogP) is 2.29. The first-order valence-corrected chi connectivity index (χ1v) is 6.57. The van der Waals surface area contributed by atoms with Crippen molar-refractivity contribution in [2.24, 2.45) is 0 Å². The van der Waals surface area contributed by atoms with Crippen molar-refractivity contribution in [3.63, 3.8) is 0 Å². The number of nitrogens with zero attached hydrogens (tertiary/aromatic N) is 1. The van der Waals surface area contributed by atoms with Crippen LogP contribution in [0.15, 0.2) is 18.2 Å². The molecular weight excluding hydrogens is 244 g/mol. The highest BCUT2D eigenvalue weighted by Crippen LogP contribution is 2.38. The van der Waals surface area contributed by atoms with Gasteiger partial charge in [-0.3, -0.25) is 4.79 Å². The van der Waals surface area contributed by atoms with Crippen LogP contribution >= 0.6 is 11.8 Å². The smallest absolute Gasteiger partial charge is 0.254 e. The van der Waals surface area contributed by atoms with Crippen LogP contribution in [0.1, 0.15) is 16.8 Å². The number of hydrogen-bond donors (Lipinski definition) is 0. The molecule has 2 bridgehead atoms. The van der Waals surface area contributed by atoms with Gasteiger partial charge in [0.25, 0.3) is 5.91 Å². The number of carbonyl (C=O) groups excluding carboxylic acids is 1. The van der Waals surface area contributed by atoms with Gasteiger partial charge in [0.05, 0.1) is 0 Å². The van der Waals surface area contributed by atoms with Gasteiger partial charge in [-0.25, -0.2) is 8.78 Å². The molecule has 2 nitrogen and oxygen atoms in total. The summed E-state index contributed by atoms with van der Waals surface area (Å²) in [6.07, 6.45) is 1.03. The summed E-state index contributed by atoms with van der Waals surface area (Å²) in [5.74, 6) is -1.11. The second-order valence-corrected chi connectivity index (χ2v) is 5.76. The summed E-state index contributed by atoms with van der Waals surface area (Å²) in [5, 5.41) is 0.522. The van der Waals surface area contributed by atoms with Crippen LogP contribution in [0, 0.1) is 11.6 Å². The monoisotopic (exact) mass is 255 g/mol. The fraction of sp³-hybridized carbons (Fsp3) is 0.417. The molecule has 5 heteroatoms. The fourth-order valence-corrected chi connectivity index (χ4v) is 3.88. The maximum atomic E-state index is 13.1. The Labute approximate surface area is 102 Å². The number of fused-ring (bicyclic) bond motifs is 2. The summed E-state index contributed by atoms with van der Waals surface area (Å²) >= 11 is 1.89. The van der Waals surface area contributed by atoms with Crippen molar-refractivity contribution in [1.29, 1.82) is 0 Å². The van der Waals surface area contributed by atoms with Crippen molar-refractivity contribution < 1.29 is 13.6 Å². The molecule has 0 aliphatic carbocycles. The zero-order valence-corrected chi connectivity index (χ0v) is 9.84. The second kappa shape index (κ2) is 3.98. The second-order valence-electron chi connectivity index (χ2n) is 4.43. The van der Waals surface area contributed by atoms with E-state index in [-0.39, 0.29) is 17.5 Å². The van der Waals surface area contributed by atoms with Crippen molar-refractivity contribution in [2.45, 2.75) is 17.7 Å². The predicted molar refractivity (Wildman–Crippen MR) is 62.0 cm³/mol. The third kappa shape index (κ3) is 1.82. The first-order valence-electron chi connectivity index (χ1n) is 5.53. The van der Waals surface area contributed by atoms with Crippen molar-refractivity contribution in [1.82, 2.24) is 4.90 Å². The summed E-state index contributed by atoms with van der Waals surface area (Å²) in [6, 6.07) is 3.60. The zero-order chi connectivity index (χ0) is 12.0. The van der Waals surface area contributed by atoms with Crippen LogP contribution < -0.4 is 0 Å². The van der Waals surface area contributed by atoms with Crippen molar-refractivity contribution in [3.05, 3.63) is 35.4 Å². The van der Waals surface area contributed by atoms with Gasteiger partial charge >= 0.3 is 0 Å². The van der Waals surface area contributed by atoms with E-state index < -0.39 is 11.6 Å². The topological polar surface area (TPSA) is 20.3 Å². The average molecular weight is 255 g/mol. The Bertz CT molecular complexity index is 480. The lowest BCUT2D eigenvalue weighted by molar-refractivity contribution is 0.0747. The number of rotatable bonds is 1. The first-order chi connectivity index (χ1) is 8.15. The number of thioether (sulfide) groups is 1. The third-order valence-electron chi connectivity index (χ3n) is 3.33. The molecule has 2 aliphatic heterocycles. The summed E-state index contributed by atoms with van der Waals surface area (Å²) in [4.78, 5) is 13.9. The van der Waals surface area contributed by atoms with E-state index in [0.717, 1.165) is 30.9 Å². The van der Waals surface area contributed by atoms with Crippen molar-refractivity contribution in [2.75, 3.05) is 12.3 Å². The lowest BCUT2D eigenvalue weighted by atomic mass is 10.1. The maximum absolute atomic E-state index is 13.1. The molecule has 0 radical (unpaired) electrons. The number of benzene rings is 1. The summed E-state index contributed by atoms with van der Waals surface area (Å²) < 4.78 is 25.9. The molecule has 0 N–H and O–H groups in total. The van der Waals surface area contributed by atoms with E-state index in [1.54, 1.807) is 4.90 Å². The van der Waals surface area contributed by atoms with E-state index in [1.807, 2.05) is 11.8 Å². The Morgan fingerprint density at radius 2 is 2.18 bits per heavy atom. The van der Waals surface area contributed by atoms with Gasteiger partial charge in [0, 0.05) is 29.2 Å². The molecule has 1 amide bonds. The number of amides is 1. The molecular formula is C12H11F2NOS. The lowest BCUT2D eigenvalue weighted by Gasteiger charge is -2.26. The highest BCUT2D eigenvalue weighted by Gasteiger charge is 2.41. The van der Waals surface area contributed by atoms with Gasteiger partial charge < -0.3 is 4.90 Å². The van der Waals surface area contributed by atoms with Crippen LogP contribution in [-0.2, 0) is 0 Å². The van der Waals surface area contributed by atoms with Gasteiger partial charge in [-0.15, -0.1) is 0 Å². The van der Waals surface area contributed by atoms with Gasteiger partial charge in [-0.05, 0) is 24.6 Å². The van der Waals surface area contributed by atoms with E-state index in [1.165, 1.54) is 6.07 Å². The van der Waals surface area contributed by atoms with Crippen LogP contribution in [0.5, 0.6) is 0 Å². The standard InChI is InChI=1S/C12H11F2NOS/c13-10-2-1-7(3-11(10)14)12(16)15-5-9-4-8(15)6-17-9/h1-3,8-9H,4-6H2. The van der Waals surface area contributed by atoms with Gasteiger partial charge in [0.1, 0.15) is 0 Å². The Morgan fingerprint density at radius 1 is 1.35 bits per heavy atom. The summed E-state index contributed by atoms with van der Waals surface area (Å²) in [6.45, 7) is 0.729. The van der Waals surface area contributed by atoms with Crippen molar-refractivity contribution >= 4 is 17.7 Å². The SMILES string of the molecule is O=C(c1ccc(F)c(F)c1)N1CC2CC1CS2. The lowest BCUT2D eigenvalue weighted by Crippen LogP contribution is -2.39. The number of carbonyl (C=O) groups is 1. The average Bonchev–Trinajstić information content (AvgIpc) is 2.93. The molecule has 0 saturated carbocycles. The number of hydrogen-bond acceptors (Lipinski definition) is 2. The van der Waals surface area contributed by atoms with E-state index >= 15 is 0 Å². The zero-order valence-electron chi connectivity index (χ0n) is 9.03. The van der Waals surface area contributed by atoms with E-state index in [9.17, 15) is 13.6 Å².